The van der Waals surface area contributed by atoms with Crippen LogP contribution in [0.5, 0.6) is 0 Å². The minimum Gasteiger partial charge on any atom is -0.355 e. The third-order valence-electron chi connectivity index (χ3n) is 5.66. The first-order valence-corrected chi connectivity index (χ1v) is 13.2. The topological polar surface area (TPSA) is 66.5 Å². The number of hydrogen-bond donors (Lipinski definition) is 1. The molecule has 1 aliphatic carbocycles. The Bertz CT molecular complexity index is 788. The third-order valence-corrected chi connectivity index (χ3v) is 9.21. The highest BCUT2D eigenvalue weighted by Gasteiger charge is 2.32. The molecule has 3 rings (SSSR count). The summed E-state index contributed by atoms with van der Waals surface area (Å²) in [6.07, 6.45) is 6.15. The number of nitrogens with zero attached hydrogens (tertiary/aromatic N) is 1. The van der Waals surface area contributed by atoms with Gasteiger partial charge >= 0.3 is 0 Å². The maximum absolute atomic E-state index is 13.9. The first-order chi connectivity index (χ1) is 13.9. The van der Waals surface area contributed by atoms with E-state index in [0.29, 0.717) is 19.4 Å². The number of thioether (sulfide) groups is 1. The number of benzene rings is 1. The van der Waals surface area contributed by atoms with Crippen LogP contribution in [0.15, 0.2) is 18.2 Å². The van der Waals surface area contributed by atoms with Crippen LogP contribution in [0.3, 0.4) is 0 Å². The second kappa shape index (κ2) is 10.5. The molecule has 0 atom stereocenters. The van der Waals surface area contributed by atoms with Gasteiger partial charge in [0.2, 0.25) is 15.9 Å². The van der Waals surface area contributed by atoms with E-state index in [0.717, 1.165) is 11.0 Å². The quantitative estimate of drug-likeness (QED) is 0.596. The van der Waals surface area contributed by atoms with Crippen LogP contribution in [-0.4, -0.2) is 49.3 Å². The standard InChI is InChI=1S/C20H28ClFN2O3S2/c21-18-6-3-7-19(22)17(18)14-29(26,27)24-11-8-15(9-12-24)20(25)23-10-13-28-16-4-1-2-5-16/h3,6-7,15-16H,1-2,4-5,8-14H2,(H,23,25). The molecule has 9 heteroatoms. The number of carbonyl (C=O) groups excluding carboxylic acids is 1. The fourth-order valence-electron chi connectivity index (χ4n) is 3.94. The first-order valence-electron chi connectivity index (χ1n) is 10.2. The van der Waals surface area contributed by atoms with Crippen molar-refractivity contribution in [2.24, 2.45) is 5.92 Å². The molecule has 0 radical (unpaired) electrons. The van der Waals surface area contributed by atoms with Gasteiger partial charge in [0.1, 0.15) is 5.82 Å². The van der Waals surface area contributed by atoms with E-state index in [9.17, 15) is 17.6 Å². The Balaban J connectivity index is 1.43. The minimum atomic E-state index is -3.69. The third kappa shape index (κ3) is 6.32. The van der Waals surface area contributed by atoms with E-state index in [1.807, 2.05) is 11.8 Å². The molecule has 1 heterocycles. The predicted molar refractivity (Wildman–Crippen MR) is 116 cm³/mol. The number of amides is 1. The summed E-state index contributed by atoms with van der Waals surface area (Å²) in [7, 11) is -3.69. The Morgan fingerprint density at radius 3 is 2.55 bits per heavy atom. The van der Waals surface area contributed by atoms with Gasteiger partial charge in [0.25, 0.3) is 0 Å². The Morgan fingerprint density at radius 1 is 1.21 bits per heavy atom. The van der Waals surface area contributed by atoms with Gasteiger partial charge in [-0.05, 0) is 37.8 Å². The van der Waals surface area contributed by atoms with E-state index < -0.39 is 21.6 Å². The van der Waals surface area contributed by atoms with E-state index in [1.54, 1.807) is 0 Å². The fraction of sp³-hybridized carbons (Fsp3) is 0.650. The van der Waals surface area contributed by atoms with Crippen molar-refractivity contribution in [1.29, 1.82) is 0 Å². The summed E-state index contributed by atoms with van der Waals surface area (Å²) in [5.41, 5.74) is -0.00574. The Labute approximate surface area is 181 Å². The van der Waals surface area contributed by atoms with Crippen LogP contribution in [0, 0.1) is 11.7 Å². The summed E-state index contributed by atoms with van der Waals surface area (Å²) in [5, 5.41) is 3.84. The summed E-state index contributed by atoms with van der Waals surface area (Å²) in [6, 6.07) is 4.14. The molecule has 29 heavy (non-hydrogen) atoms. The largest absolute Gasteiger partial charge is 0.355 e. The molecule has 0 bridgehead atoms. The number of halogens is 2. The molecule has 1 saturated carbocycles. The molecule has 1 amide bonds. The van der Waals surface area contributed by atoms with Crippen molar-refractivity contribution in [2.45, 2.75) is 49.5 Å². The van der Waals surface area contributed by atoms with Gasteiger partial charge in [-0.2, -0.15) is 11.8 Å². The van der Waals surface area contributed by atoms with Gasteiger partial charge in [-0.25, -0.2) is 17.1 Å². The van der Waals surface area contributed by atoms with Crippen molar-refractivity contribution in [2.75, 3.05) is 25.4 Å². The molecular weight excluding hydrogens is 435 g/mol. The maximum Gasteiger partial charge on any atom is 0.223 e. The van der Waals surface area contributed by atoms with Crippen molar-refractivity contribution in [1.82, 2.24) is 9.62 Å². The van der Waals surface area contributed by atoms with Crippen molar-refractivity contribution < 1.29 is 17.6 Å². The molecule has 0 spiro atoms. The molecule has 0 aromatic heterocycles. The van der Waals surface area contributed by atoms with Gasteiger partial charge < -0.3 is 5.32 Å². The van der Waals surface area contributed by atoms with Crippen LogP contribution < -0.4 is 5.32 Å². The first kappa shape index (κ1) is 22.8. The number of rotatable bonds is 8. The highest BCUT2D eigenvalue weighted by Crippen LogP contribution is 2.29. The van der Waals surface area contributed by atoms with Gasteiger partial charge in [-0.1, -0.05) is 30.5 Å². The van der Waals surface area contributed by atoms with Crippen LogP contribution in [-0.2, 0) is 20.6 Å². The molecule has 2 aliphatic rings. The van der Waals surface area contributed by atoms with E-state index in [2.05, 4.69) is 5.32 Å². The number of piperidine rings is 1. The van der Waals surface area contributed by atoms with Crippen LogP contribution in [0.1, 0.15) is 44.1 Å². The van der Waals surface area contributed by atoms with Crippen LogP contribution in [0.2, 0.25) is 5.02 Å². The highest BCUT2D eigenvalue weighted by atomic mass is 35.5. The van der Waals surface area contributed by atoms with Gasteiger partial charge in [-0.3, -0.25) is 4.79 Å². The van der Waals surface area contributed by atoms with Crippen molar-refractivity contribution >= 4 is 39.3 Å². The van der Waals surface area contributed by atoms with E-state index in [-0.39, 0.29) is 35.5 Å². The molecule has 5 nitrogen and oxygen atoms in total. The van der Waals surface area contributed by atoms with Crippen LogP contribution in [0.4, 0.5) is 4.39 Å². The summed E-state index contributed by atoms with van der Waals surface area (Å²) in [4.78, 5) is 12.4. The lowest BCUT2D eigenvalue weighted by Crippen LogP contribution is -2.43. The maximum atomic E-state index is 13.9. The molecule has 1 aromatic rings. The predicted octanol–water partition coefficient (Wildman–Crippen LogP) is 3.81. The smallest absolute Gasteiger partial charge is 0.223 e. The summed E-state index contributed by atoms with van der Waals surface area (Å²) < 4.78 is 40.6. The second-order valence-corrected chi connectivity index (χ2v) is 11.5. The molecular formula is C20H28ClFN2O3S2. The van der Waals surface area contributed by atoms with Gasteiger partial charge in [0.05, 0.1) is 5.75 Å². The van der Waals surface area contributed by atoms with Crippen molar-refractivity contribution in [3.05, 3.63) is 34.6 Å². The second-order valence-electron chi connectivity index (χ2n) is 7.70. The van der Waals surface area contributed by atoms with Gasteiger partial charge in [-0.15, -0.1) is 0 Å². The van der Waals surface area contributed by atoms with Crippen molar-refractivity contribution in [3.63, 3.8) is 0 Å². The number of nitrogens with one attached hydrogen (secondary N) is 1. The highest BCUT2D eigenvalue weighted by molar-refractivity contribution is 7.99. The zero-order valence-electron chi connectivity index (χ0n) is 16.4. The molecule has 2 fully saturated rings. The zero-order chi connectivity index (χ0) is 20.9. The molecule has 162 valence electrons. The lowest BCUT2D eigenvalue weighted by molar-refractivity contribution is -0.125. The van der Waals surface area contributed by atoms with Gasteiger partial charge in [0, 0.05) is 47.1 Å². The Hall–Kier alpha value is -0.830. The van der Waals surface area contributed by atoms with E-state index >= 15 is 0 Å². The number of carbonyl (C=O) groups is 1. The summed E-state index contributed by atoms with van der Waals surface area (Å²) >= 11 is 7.90. The summed E-state index contributed by atoms with van der Waals surface area (Å²) in [6.45, 7) is 1.19. The average Bonchev–Trinajstić information content (AvgIpc) is 3.22. The number of sulfonamides is 1. The lowest BCUT2D eigenvalue weighted by atomic mass is 9.97. The Kier molecular flexibility index (Phi) is 8.24. The molecule has 0 unspecified atom stereocenters. The Morgan fingerprint density at radius 2 is 1.90 bits per heavy atom. The number of hydrogen-bond acceptors (Lipinski definition) is 4. The normalized spacial score (nSPS) is 19.5. The average molecular weight is 463 g/mol. The van der Waals surface area contributed by atoms with E-state index in [1.165, 1.54) is 48.2 Å². The van der Waals surface area contributed by atoms with Gasteiger partial charge in [0.15, 0.2) is 0 Å². The molecule has 1 aromatic carbocycles. The monoisotopic (exact) mass is 462 g/mol. The minimum absolute atomic E-state index is 0.00574. The lowest BCUT2D eigenvalue weighted by Gasteiger charge is -2.30. The summed E-state index contributed by atoms with van der Waals surface area (Å²) in [5.74, 6) is -0.326. The van der Waals surface area contributed by atoms with E-state index in [4.69, 9.17) is 11.6 Å². The molecule has 1 aliphatic heterocycles. The van der Waals surface area contributed by atoms with Crippen molar-refractivity contribution in [3.8, 4) is 0 Å². The fourth-order valence-corrected chi connectivity index (χ4v) is 7.08. The molecule has 1 N–H and O–H groups in total. The zero-order valence-corrected chi connectivity index (χ0v) is 18.8. The van der Waals surface area contributed by atoms with Crippen LogP contribution >= 0.6 is 23.4 Å². The SMILES string of the molecule is O=C(NCCSC1CCCC1)C1CCN(S(=O)(=O)Cc2c(F)cccc2Cl)CC1. The van der Waals surface area contributed by atoms with Crippen LogP contribution in [0.25, 0.3) is 0 Å². The molecule has 1 saturated heterocycles.